The first-order valence-corrected chi connectivity index (χ1v) is 10.9. The van der Waals surface area contributed by atoms with Gasteiger partial charge >= 0.3 is 6.03 Å². The molecule has 1 aliphatic heterocycles. The van der Waals surface area contributed by atoms with Crippen LogP contribution in [0.15, 0.2) is 18.3 Å². The molecule has 1 aromatic carbocycles. The number of urea groups is 1. The zero-order valence-electron chi connectivity index (χ0n) is 18.6. The van der Waals surface area contributed by atoms with E-state index in [0.29, 0.717) is 17.1 Å². The third kappa shape index (κ3) is 4.51. The molecule has 1 aliphatic carbocycles. The number of ether oxygens (including phenoxy) is 2. The Morgan fingerprint density at radius 2 is 2.03 bits per heavy atom. The summed E-state index contributed by atoms with van der Waals surface area (Å²) in [6, 6.07) is 2.45. The summed E-state index contributed by atoms with van der Waals surface area (Å²) >= 11 is 0. The summed E-state index contributed by atoms with van der Waals surface area (Å²) in [4.78, 5) is 25.5. The lowest BCUT2D eigenvalue weighted by Crippen LogP contribution is -2.52. The molecule has 1 atom stereocenters. The van der Waals surface area contributed by atoms with Crippen LogP contribution in [0.4, 0.5) is 26.6 Å². The molecule has 4 rings (SSSR count). The molecule has 0 bridgehead atoms. The monoisotopic (exact) mass is 461 g/mol. The van der Waals surface area contributed by atoms with Gasteiger partial charge in [-0.05, 0) is 12.8 Å². The minimum atomic E-state index is -0.960. The van der Waals surface area contributed by atoms with Crippen LogP contribution in [-0.2, 0) is 6.54 Å². The van der Waals surface area contributed by atoms with Crippen molar-refractivity contribution in [3.8, 4) is 11.5 Å². The summed E-state index contributed by atoms with van der Waals surface area (Å²) in [6.07, 6.45) is 4.25. The highest BCUT2D eigenvalue weighted by Crippen LogP contribution is 2.40. The Morgan fingerprint density at radius 3 is 2.70 bits per heavy atom. The lowest BCUT2D eigenvalue weighted by molar-refractivity contribution is 0.105. The van der Waals surface area contributed by atoms with Crippen molar-refractivity contribution < 1.29 is 28.9 Å². The normalized spacial score (nSPS) is 17.2. The van der Waals surface area contributed by atoms with Crippen molar-refractivity contribution in [2.24, 2.45) is 0 Å². The van der Waals surface area contributed by atoms with Crippen LogP contribution >= 0.6 is 0 Å². The molecule has 1 saturated carbocycles. The van der Waals surface area contributed by atoms with Gasteiger partial charge in [-0.25, -0.2) is 14.2 Å². The molecule has 3 N–H and O–H groups in total. The summed E-state index contributed by atoms with van der Waals surface area (Å²) in [7, 11) is 2.82. The molecule has 1 fully saturated rings. The summed E-state index contributed by atoms with van der Waals surface area (Å²) in [5.74, 6) is 0.397. The number of hydrogen-bond acceptors (Lipinski definition) is 8. The number of nitrogens with zero attached hydrogens (tertiary/aromatic N) is 4. The molecular formula is C22H28FN5O5. The number of fused-ring (bicyclic) bond motifs is 1. The van der Waals surface area contributed by atoms with Gasteiger partial charge in [0.1, 0.15) is 11.6 Å². The maximum Gasteiger partial charge on any atom is 0.330 e. The van der Waals surface area contributed by atoms with Gasteiger partial charge in [-0.15, -0.1) is 0 Å². The molecule has 2 heterocycles. The van der Waals surface area contributed by atoms with Crippen LogP contribution < -0.4 is 24.6 Å². The number of methoxy groups -OCH3 is 2. The van der Waals surface area contributed by atoms with Crippen molar-refractivity contribution >= 4 is 23.5 Å². The molecule has 0 spiro atoms. The van der Waals surface area contributed by atoms with Crippen LogP contribution in [0.3, 0.4) is 0 Å². The van der Waals surface area contributed by atoms with Gasteiger partial charge in [-0.1, -0.05) is 12.8 Å². The van der Waals surface area contributed by atoms with Crippen LogP contribution in [0.5, 0.6) is 11.5 Å². The lowest BCUT2D eigenvalue weighted by atomic mass is 10.1. The first-order chi connectivity index (χ1) is 16.0. The smallest absolute Gasteiger partial charge is 0.330 e. The van der Waals surface area contributed by atoms with Crippen LogP contribution in [-0.4, -0.2) is 65.7 Å². The Kier molecular flexibility index (Phi) is 6.80. The van der Waals surface area contributed by atoms with Gasteiger partial charge < -0.3 is 25.0 Å². The number of aliphatic hydroxyl groups is 2. The van der Waals surface area contributed by atoms with E-state index in [-0.39, 0.29) is 42.5 Å². The Morgan fingerprint density at radius 1 is 1.27 bits per heavy atom. The molecule has 0 unspecified atom stereocenters. The van der Waals surface area contributed by atoms with Gasteiger partial charge in [0.15, 0.2) is 11.6 Å². The number of halogens is 1. The van der Waals surface area contributed by atoms with Crippen LogP contribution in [0.1, 0.15) is 31.2 Å². The number of nitrogens with one attached hydrogen (secondary N) is 1. The second-order valence-corrected chi connectivity index (χ2v) is 8.10. The van der Waals surface area contributed by atoms with Gasteiger partial charge in [0.05, 0.1) is 39.2 Å². The SMILES string of the molecule is COc1cc(OC)c(F)c(N2Cc3cnc(NC[C@@H](O)CO)nc3N(C3CCCC3)C2=O)c1. The highest BCUT2D eigenvalue weighted by atomic mass is 19.1. The number of carbonyl (C=O) groups is 1. The first kappa shape index (κ1) is 23.0. The fourth-order valence-electron chi connectivity index (χ4n) is 4.24. The lowest BCUT2D eigenvalue weighted by Gasteiger charge is -2.39. The van der Waals surface area contributed by atoms with E-state index in [1.54, 1.807) is 11.1 Å². The molecule has 0 saturated heterocycles. The van der Waals surface area contributed by atoms with Crippen molar-refractivity contribution in [2.75, 3.05) is 42.5 Å². The van der Waals surface area contributed by atoms with E-state index in [1.807, 2.05) is 0 Å². The van der Waals surface area contributed by atoms with Gasteiger partial charge in [-0.2, -0.15) is 4.98 Å². The Labute approximate surface area is 191 Å². The summed E-state index contributed by atoms with van der Waals surface area (Å²) in [5, 5.41) is 21.5. The third-order valence-corrected chi connectivity index (χ3v) is 5.97. The Balaban J connectivity index is 1.74. The summed E-state index contributed by atoms with van der Waals surface area (Å²) in [6.45, 7) is -0.257. The van der Waals surface area contributed by atoms with Gasteiger partial charge in [0.25, 0.3) is 0 Å². The fraction of sp³-hybridized carbons (Fsp3) is 0.500. The minimum Gasteiger partial charge on any atom is -0.497 e. The third-order valence-electron chi connectivity index (χ3n) is 5.97. The van der Waals surface area contributed by atoms with Crippen LogP contribution in [0.2, 0.25) is 0 Å². The van der Waals surface area contributed by atoms with Gasteiger partial charge in [0.2, 0.25) is 5.95 Å². The summed E-state index contributed by atoms with van der Waals surface area (Å²) in [5.41, 5.74) is 0.717. The number of hydrogen-bond donors (Lipinski definition) is 3. The topological polar surface area (TPSA) is 120 Å². The summed E-state index contributed by atoms with van der Waals surface area (Å²) < 4.78 is 25.6. The predicted octanol–water partition coefficient (Wildman–Crippen LogP) is 2.29. The molecule has 10 nitrogen and oxygen atoms in total. The van der Waals surface area contributed by atoms with E-state index in [0.717, 1.165) is 25.7 Å². The van der Waals surface area contributed by atoms with Gasteiger partial charge in [0, 0.05) is 36.5 Å². The van der Waals surface area contributed by atoms with Crippen molar-refractivity contribution in [2.45, 2.75) is 44.4 Å². The second kappa shape index (κ2) is 9.75. The van der Waals surface area contributed by atoms with Crippen molar-refractivity contribution in [3.05, 3.63) is 29.7 Å². The molecular weight excluding hydrogens is 433 g/mol. The van der Waals surface area contributed by atoms with Crippen molar-refractivity contribution in [1.29, 1.82) is 0 Å². The average Bonchev–Trinajstić information content (AvgIpc) is 3.36. The number of aromatic nitrogens is 2. The number of amides is 2. The van der Waals surface area contributed by atoms with Crippen LogP contribution in [0, 0.1) is 5.82 Å². The number of aliphatic hydroxyl groups excluding tert-OH is 2. The van der Waals surface area contributed by atoms with E-state index in [1.165, 1.54) is 31.3 Å². The number of rotatable bonds is 8. The fourth-order valence-corrected chi connectivity index (χ4v) is 4.24. The second-order valence-electron chi connectivity index (χ2n) is 8.10. The Hall–Kier alpha value is -3.18. The first-order valence-electron chi connectivity index (χ1n) is 10.9. The minimum absolute atomic E-state index is 0.0198. The zero-order chi connectivity index (χ0) is 23.5. The Bertz CT molecular complexity index is 1020. The predicted molar refractivity (Wildman–Crippen MR) is 119 cm³/mol. The van der Waals surface area contributed by atoms with E-state index in [9.17, 15) is 9.90 Å². The van der Waals surface area contributed by atoms with Crippen LogP contribution in [0.25, 0.3) is 0 Å². The maximum atomic E-state index is 15.2. The van der Waals surface area contributed by atoms with E-state index < -0.39 is 18.5 Å². The quantitative estimate of drug-likeness (QED) is 0.548. The maximum absolute atomic E-state index is 15.2. The number of benzene rings is 1. The van der Waals surface area contributed by atoms with Crippen molar-refractivity contribution in [1.82, 2.24) is 9.97 Å². The molecule has 178 valence electrons. The van der Waals surface area contributed by atoms with Gasteiger partial charge in [-0.3, -0.25) is 9.80 Å². The van der Waals surface area contributed by atoms with Crippen molar-refractivity contribution in [3.63, 3.8) is 0 Å². The molecule has 11 heteroatoms. The molecule has 1 aromatic heterocycles. The van der Waals surface area contributed by atoms with E-state index >= 15 is 4.39 Å². The molecule has 33 heavy (non-hydrogen) atoms. The molecule has 2 aliphatic rings. The molecule has 0 radical (unpaired) electrons. The zero-order valence-corrected chi connectivity index (χ0v) is 18.6. The highest BCUT2D eigenvalue weighted by Gasteiger charge is 2.39. The largest absolute Gasteiger partial charge is 0.497 e. The molecule has 2 aromatic rings. The highest BCUT2D eigenvalue weighted by molar-refractivity contribution is 6.06. The number of anilines is 3. The number of carbonyl (C=O) groups excluding carboxylic acids is 1. The van der Waals surface area contributed by atoms with E-state index in [2.05, 4.69) is 15.3 Å². The standard InChI is InChI=1S/C22H28FN5O5/c1-32-16-7-17(19(23)18(8-16)33-2)27-11-13-9-24-21(25-10-15(30)12-29)26-20(13)28(22(27)31)14-5-3-4-6-14/h7-9,14-15,29-30H,3-6,10-12H2,1-2H3,(H,24,25,26)/t15-/m1/s1. The molecule has 2 amide bonds. The van der Waals surface area contributed by atoms with E-state index in [4.69, 9.17) is 14.6 Å². The average molecular weight is 461 g/mol.